The number of fused-ring (bicyclic) bond motifs is 3. The summed E-state index contributed by atoms with van der Waals surface area (Å²) in [5.74, 6) is 0.0989. The number of aromatic hydroxyl groups is 1. The maximum atomic E-state index is 13.8. The molecule has 0 fully saturated rings. The molecule has 0 saturated carbocycles. The number of methoxy groups -OCH3 is 1. The number of nitrogens with zero attached hydrogens (tertiary/aromatic N) is 2. The van der Waals surface area contributed by atoms with Crippen LogP contribution >= 0.6 is 33.9 Å². The summed E-state index contributed by atoms with van der Waals surface area (Å²) in [5.41, 5.74) is 5.74. The zero-order valence-corrected chi connectivity index (χ0v) is 22.1. The Bertz CT molecular complexity index is 1740. The number of phenolic OH excluding ortho intramolecular Hbond substituents is 1. The lowest BCUT2D eigenvalue weighted by Gasteiger charge is -2.30. The third-order valence-corrected chi connectivity index (χ3v) is 8.43. The molecular formula is C28H20FIN2O3S. The molecule has 1 atom stereocenters. The molecule has 8 heteroatoms. The highest BCUT2D eigenvalue weighted by molar-refractivity contribution is 14.1. The standard InChI is InChI=1S/C28H20FIN2O3S/c1-35-22-13-15(12-21(30)26(22)33)14-23-27(34)32-25(17-6-9-18(29)10-7-17)20-11-8-16-4-2-3-5-19(16)24(20)31-28(32)36-23/h2-7,9-10,12-14,25,33H,8,11H2,1H3/b23-14+/t25-/m1/s1. The molecule has 180 valence electrons. The summed E-state index contributed by atoms with van der Waals surface area (Å²) >= 11 is 3.36. The molecule has 36 heavy (non-hydrogen) atoms. The average Bonchev–Trinajstić information content (AvgIpc) is 3.19. The minimum Gasteiger partial charge on any atom is -0.504 e. The Balaban J connectivity index is 1.61. The number of benzene rings is 3. The van der Waals surface area contributed by atoms with E-state index in [2.05, 4.69) is 12.1 Å². The van der Waals surface area contributed by atoms with Gasteiger partial charge in [-0.1, -0.05) is 47.7 Å². The maximum Gasteiger partial charge on any atom is 0.271 e. The van der Waals surface area contributed by atoms with Crippen LogP contribution in [-0.4, -0.2) is 16.8 Å². The summed E-state index contributed by atoms with van der Waals surface area (Å²) in [5, 5.41) is 10.2. The van der Waals surface area contributed by atoms with Crippen LogP contribution in [-0.2, 0) is 6.42 Å². The van der Waals surface area contributed by atoms with E-state index in [9.17, 15) is 14.3 Å². The van der Waals surface area contributed by atoms with Crippen molar-refractivity contribution in [2.75, 3.05) is 7.11 Å². The first-order chi connectivity index (χ1) is 17.4. The SMILES string of the molecule is COc1cc(/C=c2/sc3n(c2=O)[C@H](c2ccc(F)cc2)C2=C(N=3)c3ccccc3CC2)cc(I)c1O. The van der Waals surface area contributed by atoms with E-state index in [-0.39, 0.29) is 23.2 Å². The molecule has 0 unspecified atom stereocenters. The number of allylic oxidation sites excluding steroid dienone is 1. The summed E-state index contributed by atoms with van der Waals surface area (Å²) in [6.45, 7) is 0. The highest BCUT2D eigenvalue weighted by Crippen LogP contribution is 2.41. The van der Waals surface area contributed by atoms with Gasteiger partial charge in [-0.15, -0.1) is 0 Å². The molecule has 3 aromatic carbocycles. The van der Waals surface area contributed by atoms with Crippen LogP contribution in [0.2, 0.25) is 0 Å². The molecule has 5 nitrogen and oxygen atoms in total. The Morgan fingerprint density at radius 2 is 1.94 bits per heavy atom. The third kappa shape index (κ3) is 3.79. The Morgan fingerprint density at radius 3 is 2.72 bits per heavy atom. The highest BCUT2D eigenvalue weighted by Gasteiger charge is 2.32. The Morgan fingerprint density at radius 1 is 1.17 bits per heavy atom. The van der Waals surface area contributed by atoms with Crippen molar-refractivity contribution in [3.05, 3.63) is 118 Å². The molecule has 2 aliphatic rings. The predicted octanol–water partition coefficient (Wildman–Crippen LogP) is 4.78. The summed E-state index contributed by atoms with van der Waals surface area (Å²) in [6, 6.07) is 17.8. The Kier molecular flexibility index (Phi) is 5.80. The molecule has 0 bridgehead atoms. The molecule has 0 radical (unpaired) electrons. The lowest BCUT2D eigenvalue weighted by Crippen LogP contribution is -2.38. The number of halogens is 2. The van der Waals surface area contributed by atoms with E-state index >= 15 is 0 Å². The molecule has 1 aliphatic carbocycles. The van der Waals surface area contributed by atoms with Crippen LogP contribution in [0.1, 0.15) is 34.7 Å². The highest BCUT2D eigenvalue weighted by atomic mass is 127. The monoisotopic (exact) mass is 610 g/mol. The molecule has 6 rings (SSSR count). The molecule has 0 saturated heterocycles. The van der Waals surface area contributed by atoms with E-state index in [4.69, 9.17) is 9.73 Å². The van der Waals surface area contributed by atoms with Crippen LogP contribution in [0.4, 0.5) is 4.39 Å². The number of ether oxygens (including phenoxy) is 1. The van der Waals surface area contributed by atoms with Gasteiger partial charge in [0.15, 0.2) is 16.3 Å². The van der Waals surface area contributed by atoms with E-state index in [1.807, 2.05) is 34.7 Å². The van der Waals surface area contributed by atoms with Crippen LogP contribution in [0, 0.1) is 9.39 Å². The van der Waals surface area contributed by atoms with Gasteiger partial charge in [0.1, 0.15) is 5.82 Å². The second-order valence-electron chi connectivity index (χ2n) is 8.72. The second-order valence-corrected chi connectivity index (χ2v) is 10.9. The first-order valence-electron chi connectivity index (χ1n) is 11.4. The third-order valence-electron chi connectivity index (χ3n) is 6.63. The van der Waals surface area contributed by atoms with Crippen molar-refractivity contribution in [2.24, 2.45) is 4.99 Å². The number of aromatic nitrogens is 1. The summed E-state index contributed by atoms with van der Waals surface area (Å²) in [6.07, 6.45) is 3.43. The van der Waals surface area contributed by atoms with Gasteiger partial charge in [-0.25, -0.2) is 9.38 Å². The van der Waals surface area contributed by atoms with Crippen molar-refractivity contribution in [2.45, 2.75) is 18.9 Å². The van der Waals surface area contributed by atoms with Crippen molar-refractivity contribution in [3.63, 3.8) is 0 Å². The van der Waals surface area contributed by atoms with Gasteiger partial charge < -0.3 is 9.84 Å². The topological polar surface area (TPSA) is 63.8 Å². The fraction of sp³-hybridized carbons (Fsp3) is 0.143. The summed E-state index contributed by atoms with van der Waals surface area (Å²) < 4.78 is 22.0. The van der Waals surface area contributed by atoms with Crippen molar-refractivity contribution >= 4 is 45.7 Å². The lowest BCUT2D eigenvalue weighted by atomic mass is 9.83. The lowest BCUT2D eigenvalue weighted by molar-refractivity contribution is 0.371. The van der Waals surface area contributed by atoms with Crippen LogP contribution < -0.4 is 19.6 Å². The van der Waals surface area contributed by atoms with Crippen molar-refractivity contribution in [1.82, 2.24) is 4.57 Å². The number of aryl methyl sites for hydroxylation is 1. The number of hydrogen-bond donors (Lipinski definition) is 1. The molecule has 2 heterocycles. The largest absolute Gasteiger partial charge is 0.504 e. The maximum absolute atomic E-state index is 13.8. The first-order valence-corrected chi connectivity index (χ1v) is 13.3. The van der Waals surface area contributed by atoms with Gasteiger partial charge in [0.2, 0.25) is 0 Å². The average molecular weight is 610 g/mol. The Hall–Kier alpha value is -3.24. The van der Waals surface area contributed by atoms with Crippen LogP contribution in [0.25, 0.3) is 11.8 Å². The van der Waals surface area contributed by atoms with Crippen molar-refractivity contribution < 1.29 is 14.2 Å². The minimum absolute atomic E-state index is 0.0689. The first kappa shape index (κ1) is 23.2. The van der Waals surface area contributed by atoms with Crippen LogP contribution in [0.5, 0.6) is 11.5 Å². The van der Waals surface area contributed by atoms with E-state index in [1.165, 1.54) is 36.1 Å². The summed E-state index contributed by atoms with van der Waals surface area (Å²) in [7, 11) is 1.49. The van der Waals surface area contributed by atoms with Gasteiger partial charge in [-0.05, 0) is 88.0 Å². The molecule has 0 amide bonds. The number of hydrogen-bond acceptors (Lipinski definition) is 5. The fourth-order valence-electron chi connectivity index (χ4n) is 4.95. The van der Waals surface area contributed by atoms with Gasteiger partial charge in [0, 0.05) is 5.56 Å². The quantitative estimate of drug-likeness (QED) is 0.340. The van der Waals surface area contributed by atoms with E-state index in [0.29, 0.717) is 18.7 Å². The molecule has 1 aromatic heterocycles. The fourth-order valence-corrected chi connectivity index (χ4v) is 6.58. The number of rotatable bonds is 3. The molecular weight excluding hydrogens is 590 g/mol. The number of thiazole rings is 1. The molecule has 1 aliphatic heterocycles. The van der Waals surface area contributed by atoms with Gasteiger partial charge in [0.25, 0.3) is 5.56 Å². The van der Waals surface area contributed by atoms with E-state index in [0.717, 1.165) is 40.8 Å². The Labute approximate surface area is 223 Å². The van der Waals surface area contributed by atoms with Gasteiger partial charge >= 0.3 is 0 Å². The van der Waals surface area contributed by atoms with E-state index < -0.39 is 0 Å². The summed E-state index contributed by atoms with van der Waals surface area (Å²) in [4.78, 5) is 19.4. The normalized spacial score (nSPS) is 16.8. The van der Waals surface area contributed by atoms with Crippen LogP contribution in [0.3, 0.4) is 0 Å². The smallest absolute Gasteiger partial charge is 0.271 e. The second kappa shape index (κ2) is 9.01. The van der Waals surface area contributed by atoms with Gasteiger partial charge in [-0.3, -0.25) is 9.36 Å². The molecule has 0 spiro atoms. The zero-order chi connectivity index (χ0) is 25.0. The van der Waals surface area contributed by atoms with Gasteiger partial charge in [0.05, 0.1) is 27.0 Å². The molecule has 4 aromatic rings. The van der Waals surface area contributed by atoms with Crippen molar-refractivity contribution in [3.8, 4) is 11.5 Å². The van der Waals surface area contributed by atoms with Gasteiger partial charge in [-0.2, -0.15) is 0 Å². The number of phenols is 1. The van der Waals surface area contributed by atoms with E-state index in [1.54, 1.807) is 34.9 Å². The zero-order valence-electron chi connectivity index (χ0n) is 19.2. The predicted molar refractivity (Wildman–Crippen MR) is 147 cm³/mol. The minimum atomic E-state index is -0.359. The van der Waals surface area contributed by atoms with Crippen LogP contribution in [0.15, 0.2) is 76.0 Å². The van der Waals surface area contributed by atoms with Crippen molar-refractivity contribution in [1.29, 1.82) is 0 Å². The molecule has 1 N–H and O–H groups in total.